The summed E-state index contributed by atoms with van der Waals surface area (Å²) in [5, 5.41) is 9.03. The van der Waals surface area contributed by atoms with Crippen LogP contribution in [0.2, 0.25) is 0 Å². The van der Waals surface area contributed by atoms with Crippen LogP contribution in [0.4, 0.5) is 10.5 Å². The van der Waals surface area contributed by atoms with Gasteiger partial charge < -0.3 is 24.4 Å². The van der Waals surface area contributed by atoms with Gasteiger partial charge in [0, 0.05) is 37.4 Å². The van der Waals surface area contributed by atoms with Crippen molar-refractivity contribution in [2.45, 2.75) is 0 Å². The van der Waals surface area contributed by atoms with Gasteiger partial charge in [0.15, 0.2) is 0 Å². The van der Waals surface area contributed by atoms with Gasteiger partial charge in [-0.2, -0.15) is 0 Å². The van der Waals surface area contributed by atoms with Gasteiger partial charge in [-0.15, -0.1) is 0 Å². The molecule has 1 aliphatic heterocycles. The smallest absolute Gasteiger partial charge is 0.407 e. The van der Waals surface area contributed by atoms with Crippen molar-refractivity contribution < 1.29 is 19.4 Å². The van der Waals surface area contributed by atoms with Gasteiger partial charge in [0.1, 0.15) is 11.5 Å². The number of piperazine rings is 1. The first-order chi connectivity index (χ1) is 12.1. The van der Waals surface area contributed by atoms with Gasteiger partial charge in [0.2, 0.25) is 0 Å². The molecule has 6 heteroatoms. The summed E-state index contributed by atoms with van der Waals surface area (Å²) in [5.74, 6) is 1.58. The molecule has 2 aromatic rings. The Morgan fingerprint density at radius 1 is 0.960 bits per heavy atom. The minimum atomic E-state index is -0.847. The minimum Gasteiger partial charge on any atom is -0.497 e. The van der Waals surface area contributed by atoms with Crippen LogP contribution < -0.4 is 14.4 Å². The molecule has 0 radical (unpaired) electrons. The molecule has 1 heterocycles. The lowest BCUT2D eigenvalue weighted by atomic mass is 10.0. The standard InChI is InChI=1S/C19H22N2O4/c1-24-16-7-8-18(25-2)17(13-16)14-3-5-15(6-4-14)20-9-11-21(12-10-20)19(22)23/h3-8,13H,9-12H2,1-2H3,(H,22,23). The second kappa shape index (κ2) is 7.34. The van der Waals surface area contributed by atoms with E-state index in [2.05, 4.69) is 29.2 Å². The van der Waals surface area contributed by atoms with E-state index in [1.165, 1.54) is 4.90 Å². The third kappa shape index (κ3) is 3.63. The number of hydrogen-bond donors (Lipinski definition) is 1. The van der Waals surface area contributed by atoms with E-state index >= 15 is 0 Å². The third-order valence-corrected chi connectivity index (χ3v) is 4.50. The summed E-state index contributed by atoms with van der Waals surface area (Å²) in [6.45, 7) is 2.46. The van der Waals surface area contributed by atoms with Crippen molar-refractivity contribution in [3.63, 3.8) is 0 Å². The van der Waals surface area contributed by atoms with E-state index in [1.54, 1.807) is 14.2 Å². The van der Waals surface area contributed by atoms with Gasteiger partial charge in [0.25, 0.3) is 0 Å². The number of ether oxygens (including phenoxy) is 2. The Balaban J connectivity index is 1.78. The molecular formula is C19H22N2O4. The zero-order chi connectivity index (χ0) is 17.8. The van der Waals surface area contributed by atoms with Crippen LogP contribution in [-0.2, 0) is 0 Å². The molecule has 25 heavy (non-hydrogen) atoms. The fourth-order valence-corrected chi connectivity index (χ4v) is 3.05. The number of carboxylic acid groups (broad SMARTS) is 1. The molecule has 1 fully saturated rings. The van der Waals surface area contributed by atoms with Crippen molar-refractivity contribution in [1.82, 2.24) is 4.90 Å². The summed E-state index contributed by atoms with van der Waals surface area (Å²) in [6.07, 6.45) is -0.847. The maximum absolute atomic E-state index is 11.0. The number of rotatable bonds is 4. The SMILES string of the molecule is COc1ccc(OC)c(-c2ccc(N3CCN(C(=O)O)CC3)cc2)c1. The van der Waals surface area contributed by atoms with E-state index in [0.717, 1.165) is 28.3 Å². The predicted molar refractivity (Wildman–Crippen MR) is 96.8 cm³/mol. The summed E-state index contributed by atoms with van der Waals surface area (Å²) in [5.41, 5.74) is 3.11. The van der Waals surface area contributed by atoms with Crippen molar-refractivity contribution in [1.29, 1.82) is 0 Å². The van der Waals surface area contributed by atoms with E-state index in [9.17, 15) is 4.79 Å². The summed E-state index contributed by atoms with van der Waals surface area (Å²) < 4.78 is 10.8. The molecule has 0 unspecified atom stereocenters. The normalized spacial score (nSPS) is 14.3. The van der Waals surface area contributed by atoms with Crippen LogP contribution in [0, 0.1) is 0 Å². The maximum atomic E-state index is 11.0. The van der Waals surface area contributed by atoms with E-state index in [1.807, 2.05) is 18.2 Å². The lowest BCUT2D eigenvalue weighted by Gasteiger charge is -2.34. The fourth-order valence-electron chi connectivity index (χ4n) is 3.05. The van der Waals surface area contributed by atoms with E-state index in [4.69, 9.17) is 14.6 Å². The highest BCUT2D eigenvalue weighted by Gasteiger charge is 2.20. The van der Waals surface area contributed by atoms with Gasteiger partial charge in [-0.05, 0) is 35.9 Å². The summed E-state index contributed by atoms with van der Waals surface area (Å²) in [4.78, 5) is 14.6. The molecule has 6 nitrogen and oxygen atoms in total. The molecule has 1 amide bonds. The Labute approximate surface area is 147 Å². The average Bonchev–Trinajstić information content (AvgIpc) is 2.67. The largest absolute Gasteiger partial charge is 0.497 e. The van der Waals surface area contributed by atoms with E-state index in [0.29, 0.717) is 26.2 Å². The Morgan fingerprint density at radius 3 is 2.20 bits per heavy atom. The number of anilines is 1. The van der Waals surface area contributed by atoms with Crippen LogP contribution in [0.15, 0.2) is 42.5 Å². The van der Waals surface area contributed by atoms with Crippen molar-refractivity contribution in [2.75, 3.05) is 45.3 Å². The van der Waals surface area contributed by atoms with Gasteiger partial charge in [-0.1, -0.05) is 12.1 Å². The van der Waals surface area contributed by atoms with Crippen LogP contribution in [0.25, 0.3) is 11.1 Å². The lowest BCUT2D eigenvalue weighted by molar-refractivity contribution is 0.142. The molecule has 2 aromatic carbocycles. The predicted octanol–water partition coefficient (Wildman–Crippen LogP) is 3.17. The van der Waals surface area contributed by atoms with E-state index in [-0.39, 0.29) is 0 Å². The molecule has 0 spiro atoms. The monoisotopic (exact) mass is 342 g/mol. The van der Waals surface area contributed by atoms with Crippen LogP contribution >= 0.6 is 0 Å². The third-order valence-electron chi connectivity index (χ3n) is 4.50. The Kier molecular flexibility index (Phi) is 4.97. The molecule has 0 aliphatic carbocycles. The zero-order valence-corrected chi connectivity index (χ0v) is 14.4. The van der Waals surface area contributed by atoms with Gasteiger partial charge in [-0.3, -0.25) is 0 Å². The number of methoxy groups -OCH3 is 2. The topological polar surface area (TPSA) is 62.2 Å². The zero-order valence-electron chi connectivity index (χ0n) is 14.4. The second-order valence-electron chi connectivity index (χ2n) is 5.87. The summed E-state index contributed by atoms with van der Waals surface area (Å²) in [7, 11) is 3.30. The average molecular weight is 342 g/mol. The lowest BCUT2D eigenvalue weighted by Crippen LogP contribution is -2.48. The Hall–Kier alpha value is -2.89. The second-order valence-corrected chi connectivity index (χ2v) is 5.87. The van der Waals surface area contributed by atoms with Gasteiger partial charge in [0.05, 0.1) is 14.2 Å². The number of amides is 1. The summed E-state index contributed by atoms with van der Waals surface area (Å²) in [6, 6.07) is 14.0. The number of carbonyl (C=O) groups is 1. The molecule has 0 atom stereocenters. The molecule has 0 aromatic heterocycles. The number of hydrogen-bond acceptors (Lipinski definition) is 4. The van der Waals surface area contributed by atoms with Crippen molar-refractivity contribution in [3.8, 4) is 22.6 Å². The van der Waals surface area contributed by atoms with Crippen molar-refractivity contribution in [3.05, 3.63) is 42.5 Å². The highest BCUT2D eigenvalue weighted by molar-refractivity contribution is 5.73. The molecule has 0 saturated carbocycles. The first kappa shape index (κ1) is 17.0. The van der Waals surface area contributed by atoms with Gasteiger partial charge >= 0.3 is 6.09 Å². The molecule has 1 N–H and O–H groups in total. The minimum absolute atomic E-state index is 0.529. The first-order valence-corrected chi connectivity index (χ1v) is 8.17. The number of nitrogens with zero attached hydrogens (tertiary/aromatic N) is 2. The van der Waals surface area contributed by atoms with Gasteiger partial charge in [-0.25, -0.2) is 4.79 Å². The fraction of sp³-hybridized carbons (Fsp3) is 0.316. The first-order valence-electron chi connectivity index (χ1n) is 8.17. The van der Waals surface area contributed by atoms with Crippen LogP contribution in [-0.4, -0.2) is 56.5 Å². The van der Waals surface area contributed by atoms with E-state index < -0.39 is 6.09 Å². The highest BCUT2D eigenvalue weighted by atomic mass is 16.5. The molecule has 132 valence electrons. The van der Waals surface area contributed by atoms with Crippen LogP contribution in [0.3, 0.4) is 0 Å². The Bertz CT molecular complexity index is 738. The highest BCUT2D eigenvalue weighted by Crippen LogP contribution is 2.34. The maximum Gasteiger partial charge on any atom is 0.407 e. The van der Waals surface area contributed by atoms with Crippen LogP contribution in [0.5, 0.6) is 11.5 Å². The number of benzene rings is 2. The molecule has 1 aliphatic rings. The summed E-state index contributed by atoms with van der Waals surface area (Å²) >= 11 is 0. The quantitative estimate of drug-likeness (QED) is 0.925. The molecular weight excluding hydrogens is 320 g/mol. The van der Waals surface area contributed by atoms with Crippen LogP contribution in [0.1, 0.15) is 0 Å². The molecule has 0 bridgehead atoms. The Morgan fingerprint density at radius 2 is 1.64 bits per heavy atom. The molecule has 3 rings (SSSR count). The molecule has 1 saturated heterocycles. The van der Waals surface area contributed by atoms with Crippen molar-refractivity contribution >= 4 is 11.8 Å². The van der Waals surface area contributed by atoms with Crippen molar-refractivity contribution in [2.24, 2.45) is 0 Å².